The topological polar surface area (TPSA) is 149 Å². The highest BCUT2D eigenvalue weighted by Gasteiger charge is 2.32. The van der Waals surface area contributed by atoms with Crippen molar-refractivity contribution >= 4 is 45.7 Å². The lowest BCUT2D eigenvalue weighted by Gasteiger charge is -2.28. The molecule has 0 fully saturated rings. The first kappa shape index (κ1) is 35.4. The highest BCUT2D eigenvalue weighted by atomic mass is 79.9. The van der Waals surface area contributed by atoms with E-state index in [0.29, 0.717) is 62.5 Å². The van der Waals surface area contributed by atoms with Crippen LogP contribution in [-0.2, 0) is 16.1 Å². The molecule has 0 unspecified atom stereocenters. The molecular weight excluding hydrogens is 696 g/mol. The number of esters is 1. The molecule has 1 aliphatic heterocycles. The molecule has 47 heavy (non-hydrogen) atoms. The number of nitrogens with zero attached hydrogens (tertiary/aromatic N) is 1. The summed E-state index contributed by atoms with van der Waals surface area (Å²) in [5.74, 6) is 1.17. The molecule has 1 aliphatic rings. The third kappa shape index (κ3) is 9.31. The van der Waals surface area contributed by atoms with Gasteiger partial charge in [-0.2, -0.15) is 5.10 Å². The van der Waals surface area contributed by atoms with Crippen LogP contribution in [0.1, 0.15) is 43.5 Å². The highest BCUT2D eigenvalue weighted by molar-refractivity contribution is 9.10. The van der Waals surface area contributed by atoms with Crippen LogP contribution >= 0.6 is 27.5 Å². The first-order valence-corrected chi connectivity index (χ1v) is 15.9. The lowest BCUT2D eigenvalue weighted by atomic mass is 9.95. The van der Waals surface area contributed by atoms with E-state index in [1.807, 2.05) is 38.1 Å². The van der Waals surface area contributed by atoms with Crippen LogP contribution < -0.4 is 35.0 Å². The van der Waals surface area contributed by atoms with Crippen LogP contribution in [0.2, 0.25) is 5.02 Å². The first-order valence-electron chi connectivity index (χ1n) is 14.7. The van der Waals surface area contributed by atoms with Gasteiger partial charge in [-0.05, 0) is 78.2 Å². The molecule has 3 aromatic rings. The van der Waals surface area contributed by atoms with E-state index in [1.54, 1.807) is 37.3 Å². The maximum Gasteiger partial charge on any atom is 0.337 e. The fourth-order valence-corrected chi connectivity index (χ4v) is 5.42. The van der Waals surface area contributed by atoms with Crippen LogP contribution in [0.15, 0.2) is 75.4 Å². The van der Waals surface area contributed by atoms with Crippen molar-refractivity contribution in [2.75, 3.05) is 26.9 Å². The molecule has 0 spiro atoms. The average molecular weight is 732 g/mol. The van der Waals surface area contributed by atoms with Crippen LogP contribution in [0.3, 0.4) is 0 Å². The molecule has 12 nitrogen and oxygen atoms in total. The molecule has 0 bridgehead atoms. The number of amides is 2. The zero-order chi connectivity index (χ0) is 33.9. The summed E-state index contributed by atoms with van der Waals surface area (Å²) in [5.41, 5.74) is 5.39. The standard InChI is InChI=1S/C33H36BrClN4O8/c1-5-44-26-15-21(30-29(32(41)43-4)19(3)37-33(42)38-30)11-12-25(26)46-18-28(40)39-36-16-20-13-23(34)31(27(14-20)45-6-2)47-17-22-9-7-8-10-24(22)35/h7-16,28,30,39-40H,5-6,17-18H2,1-4H3,(H2,37,38,42)/b36-16+/t28-,30+/m0/s1. The minimum atomic E-state index is -1.17. The Morgan fingerprint density at radius 2 is 1.81 bits per heavy atom. The minimum Gasteiger partial charge on any atom is -0.490 e. The Bertz CT molecular complexity index is 1650. The van der Waals surface area contributed by atoms with Crippen molar-refractivity contribution in [3.63, 3.8) is 0 Å². The van der Waals surface area contributed by atoms with Crippen molar-refractivity contribution in [3.8, 4) is 23.0 Å². The van der Waals surface area contributed by atoms with Gasteiger partial charge in [0.15, 0.2) is 29.2 Å². The van der Waals surface area contributed by atoms with Gasteiger partial charge in [0.1, 0.15) is 13.2 Å². The average Bonchev–Trinajstić information content (AvgIpc) is 3.04. The van der Waals surface area contributed by atoms with Crippen LogP contribution in [-0.4, -0.2) is 56.5 Å². The molecule has 0 saturated heterocycles. The molecule has 4 N–H and O–H groups in total. The lowest BCUT2D eigenvalue weighted by molar-refractivity contribution is -0.136. The van der Waals surface area contributed by atoms with Gasteiger partial charge in [-0.1, -0.05) is 35.9 Å². The Morgan fingerprint density at radius 1 is 1.06 bits per heavy atom. The van der Waals surface area contributed by atoms with E-state index in [-0.39, 0.29) is 18.8 Å². The van der Waals surface area contributed by atoms with E-state index in [1.165, 1.54) is 13.3 Å². The summed E-state index contributed by atoms with van der Waals surface area (Å²) in [6.07, 6.45) is 0.352. The third-order valence-corrected chi connectivity index (χ3v) is 7.73. The fourth-order valence-electron chi connectivity index (χ4n) is 4.65. The second-order valence-corrected chi connectivity index (χ2v) is 11.3. The minimum absolute atomic E-state index is 0.171. The van der Waals surface area contributed by atoms with Crippen LogP contribution in [0.5, 0.6) is 23.0 Å². The number of carbonyl (C=O) groups excluding carboxylic acids is 2. The number of hydrogen-bond acceptors (Lipinski definition) is 10. The Morgan fingerprint density at radius 3 is 2.53 bits per heavy atom. The summed E-state index contributed by atoms with van der Waals surface area (Å²) < 4.78 is 29.0. The molecule has 1 heterocycles. The second kappa shape index (κ2) is 16.9. The zero-order valence-electron chi connectivity index (χ0n) is 26.3. The van der Waals surface area contributed by atoms with Gasteiger partial charge in [0.25, 0.3) is 0 Å². The molecule has 2 atom stereocenters. The largest absolute Gasteiger partial charge is 0.490 e. The van der Waals surface area contributed by atoms with E-state index in [2.05, 4.69) is 37.1 Å². The predicted molar refractivity (Wildman–Crippen MR) is 180 cm³/mol. The molecular formula is C33H36BrClN4O8. The molecule has 3 aromatic carbocycles. The number of nitrogens with one attached hydrogen (secondary N) is 3. The number of urea groups is 1. The predicted octanol–water partition coefficient (Wildman–Crippen LogP) is 5.60. The van der Waals surface area contributed by atoms with Crippen LogP contribution in [0.4, 0.5) is 4.79 Å². The number of aliphatic hydroxyl groups is 1. The van der Waals surface area contributed by atoms with Gasteiger partial charge in [-0.3, -0.25) is 5.43 Å². The summed E-state index contributed by atoms with van der Waals surface area (Å²) in [4.78, 5) is 24.7. The van der Waals surface area contributed by atoms with Crippen LogP contribution in [0.25, 0.3) is 0 Å². The molecule has 4 rings (SSSR count). The normalized spacial score (nSPS) is 15.0. The van der Waals surface area contributed by atoms with Crippen molar-refractivity contribution in [1.29, 1.82) is 0 Å². The van der Waals surface area contributed by atoms with Gasteiger partial charge >= 0.3 is 12.0 Å². The maximum atomic E-state index is 12.5. The number of benzene rings is 3. The van der Waals surface area contributed by atoms with Gasteiger partial charge in [0, 0.05) is 16.3 Å². The summed E-state index contributed by atoms with van der Waals surface area (Å²) in [7, 11) is 1.27. The van der Waals surface area contributed by atoms with Crippen LogP contribution in [0, 0.1) is 0 Å². The number of aliphatic hydroxyl groups excluding tert-OH is 1. The van der Waals surface area contributed by atoms with E-state index < -0.39 is 24.3 Å². The van der Waals surface area contributed by atoms with E-state index in [0.717, 1.165) is 5.56 Å². The summed E-state index contributed by atoms with van der Waals surface area (Å²) >= 11 is 9.82. The summed E-state index contributed by atoms with van der Waals surface area (Å²) in [6, 6.07) is 14.8. The molecule has 250 valence electrons. The van der Waals surface area contributed by atoms with E-state index >= 15 is 0 Å². The number of hydrogen-bond donors (Lipinski definition) is 4. The molecule has 2 amide bonds. The van der Waals surface area contributed by atoms with Gasteiger partial charge in [-0.15, -0.1) is 0 Å². The third-order valence-electron chi connectivity index (χ3n) is 6.77. The van der Waals surface area contributed by atoms with Crippen molar-refractivity contribution < 1.29 is 38.4 Å². The van der Waals surface area contributed by atoms with Gasteiger partial charge in [0.2, 0.25) is 0 Å². The van der Waals surface area contributed by atoms with Crippen molar-refractivity contribution in [2.24, 2.45) is 5.10 Å². The highest BCUT2D eigenvalue weighted by Crippen LogP contribution is 2.38. The lowest BCUT2D eigenvalue weighted by Crippen LogP contribution is -2.45. The SMILES string of the molecule is CCOc1cc([C@H]2NC(=O)NC(C)=C2C(=O)OC)ccc1OC[C@H](O)N/N=C/c1cc(Br)c(OCc2ccccc2Cl)c(OCC)c1. The quantitative estimate of drug-likeness (QED) is 0.0679. The molecule has 0 aromatic heterocycles. The van der Waals surface area contributed by atoms with Gasteiger partial charge < -0.3 is 39.4 Å². The smallest absolute Gasteiger partial charge is 0.337 e. The Labute approximate surface area is 286 Å². The van der Waals surface area contributed by atoms with Gasteiger partial charge in [0.05, 0.1) is 42.6 Å². The fraction of sp³-hybridized carbons (Fsp3) is 0.303. The summed E-state index contributed by atoms with van der Waals surface area (Å²) in [6.45, 7) is 6.14. The number of rotatable bonds is 15. The monoisotopic (exact) mass is 730 g/mol. The number of carbonyl (C=O) groups is 2. The number of hydrazone groups is 1. The maximum absolute atomic E-state index is 12.5. The Balaban J connectivity index is 1.40. The number of halogens is 2. The second-order valence-electron chi connectivity index (χ2n) is 10.1. The van der Waals surface area contributed by atoms with Crippen molar-refractivity contribution in [1.82, 2.24) is 16.1 Å². The van der Waals surface area contributed by atoms with Gasteiger partial charge in [-0.25, -0.2) is 9.59 Å². The van der Waals surface area contributed by atoms with Crippen molar-refractivity contribution in [3.05, 3.63) is 92.1 Å². The Kier molecular flexibility index (Phi) is 12.7. The molecule has 14 heteroatoms. The molecule has 0 radical (unpaired) electrons. The van der Waals surface area contributed by atoms with Crippen molar-refractivity contribution in [2.45, 2.75) is 39.6 Å². The van der Waals surface area contributed by atoms with E-state index in [9.17, 15) is 14.7 Å². The Hall–Kier alpha value is -4.46. The number of methoxy groups -OCH3 is 1. The zero-order valence-corrected chi connectivity index (χ0v) is 28.6. The van der Waals surface area contributed by atoms with E-state index in [4.69, 9.17) is 35.3 Å². The number of ether oxygens (including phenoxy) is 5. The number of allylic oxidation sites excluding steroid dienone is 1. The first-order chi connectivity index (χ1) is 22.6. The summed E-state index contributed by atoms with van der Waals surface area (Å²) in [5, 5.41) is 20.6. The molecule has 0 aliphatic carbocycles. The molecule has 0 saturated carbocycles.